The summed E-state index contributed by atoms with van der Waals surface area (Å²) in [5, 5.41) is 3.05. The van der Waals surface area contributed by atoms with Crippen molar-refractivity contribution in [3.63, 3.8) is 0 Å². The summed E-state index contributed by atoms with van der Waals surface area (Å²) < 4.78 is 21.0. The van der Waals surface area contributed by atoms with E-state index in [1.165, 1.54) is 6.33 Å². The molecule has 1 aromatic carbocycles. The molecular weight excluding hydrogens is 395 g/mol. The molecular formula is C24H31FN4O2. The molecule has 0 bridgehead atoms. The van der Waals surface area contributed by atoms with Gasteiger partial charge in [0.25, 0.3) is 0 Å². The zero-order valence-electron chi connectivity index (χ0n) is 18.3. The first-order valence-electron chi connectivity index (χ1n) is 11.4. The number of benzene rings is 1. The normalized spacial score (nSPS) is 19.3. The highest BCUT2D eigenvalue weighted by Crippen LogP contribution is 2.27. The topological polar surface area (TPSA) is 67.3 Å². The van der Waals surface area contributed by atoms with Crippen LogP contribution in [0, 0.1) is 5.82 Å². The van der Waals surface area contributed by atoms with Crippen molar-refractivity contribution >= 4 is 11.7 Å². The second-order valence-corrected chi connectivity index (χ2v) is 8.61. The Hall–Kier alpha value is -2.70. The zero-order chi connectivity index (χ0) is 21.8. The van der Waals surface area contributed by atoms with Crippen LogP contribution in [0.2, 0.25) is 0 Å². The molecule has 166 valence electrons. The van der Waals surface area contributed by atoms with Gasteiger partial charge in [0.15, 0.2) is 11.6 Å². The summed E-state index contributed by atoms with van der Waals surface area (Å²) in [5.74, 6) is 0.724. The van der Waals surface area contributed by atoms with Crippen LogP contribution < -0.4 is 15.0 Å². The van der Waals surface area contributed by atoms with Crippen LogP contribution >= 0.6 is 0 Å². The fraction of sp³-hybridized carbons (Fsp3) is 0.542. The Balaban J connectivity index is 1.33. The molecule has 1 aliphatic heterocycles. The number of unbranched alkanes of at least 4 members (excludes halogenated alkanes) is 1. The van der Waals surface area contributed by atoms with Crippen LogP contribution in [0.5, 0.6) is 5.75 Å². The fourth-order valence-corrected chi connectivity index (χ4v) is 3.88. The third-order valence-corrected chi connectivity index (χ3v) is 6.05. The number of halogens is 1. The number of hydrogen-bond donors (Lipinski definition) is 1. The molecule has 1 N–H and O–H groups in total. The number of nitrogens with one attached hydrogen (secondary N) is 1. The minimum absolute atomic E-state index is 0.0325. The smallest absolute Gasteiger partial charge is 0.227 e. The number of hydrogen-bond acceptors (Lipinski definition) is 5. The molecule has 2 aromatic rings. The van der Waals surface area contributed by atoms with Gasteiger partial charge < -0.3 is 15.0 Å². The largest absolute Gasteiger partial charge is 0.489 e. The number of anilines is 1. The highest BCUT2D eigenvalue weighted by molar-refractivity contribution is 5.83. The molecule has 2 atom stereocenters. The number of carbonyl (C=O) groups is 1. The van der Waals surface area contributed by atoms with E-state index in [0.717, 1.165) is 43.4 Å². The Morgan fingerprint density at radius 1 is 1.26 bits per heavy atom. The van der Waals surface area contributed by atoms with Gasteiger partial charge in [-0.05, 0) is 50.3 Å². The Labute approximate surface area is 183 Å². The first-order valence-corrected chi connectivity index (χ1v) is 11.4. The van der Waals surface area contributed by atoms with E-state index in [0.29, 0.717) is 37.1 Å². The van der Waals surface area contributed by atoms with Gasteiger partial charge in [-0.3, -0.25) is 4.79 Å². The molecule has 4 rings (SSSR count). The minimum Gasteiger partial charge on any atom is -0.489 e. The van der Waals surface area contributed by atoms with Crippen LogP contribution in [-0.2, 0) is 11.2 Å². The summed E-state index contributed by atoms with van der Waals surface area (Å²) in [7, 11) is 0. The van der Waals surface area contributed by atoms with Gasteiger partial charge in [-0.2, -0.15) is 0 Å². The summed E-state index contributed by atoms with van der Waals surface area (Å²) >= 11 is 0. The number of ether oxygens (including phenoxy) is 1. The maximum absolute atomic E-state index is 14.8. The third-order valence-electron chi connectivity index (χ3n) is 6.05. The zero-order valence-corrected chi connectivity index (χ0v) is 18.3. The van der Waals surface area contributed by atoms with Crippen LogP contribution in [0.25, 0.3) is 0 Å². The van der Waals surface area contributed by atoms with E-state index in [2.05, 4.69) is 22.2 Å². The lowest BCUT2D eigenvalue weighted by Crippen LogP contribution is -2.29. The Kier molecular flexibility index (Phi) is 6.68. The number of rotatable bonds is 9. The van der Waals surface area contributed by atoms with Crippen molar-refractivity contribution in [2.24, 2.45) is 0 Å². The average Bonchev–Trinajstić information content (AvgIpc) is 3.48. The average molecular weight is 427 g/mol. The number of amides is 1. The van der Waals surface area contributed by atoms with Crippen molar-refractivity contribution in [3.05, 3.63) is 47.7 Å². The van der Waals surface area contributed by atoms with Crippen molar-refractivity contribution in [1.82, 2.24) is 15.3 Å². The summed E-state index contributed by atoms with van der Waals surface area (Å²) in [5.41, 5.74) is 1.47. The Morgan fingerprint density at radius 2 is 2.03 bits per heavy atom. The van der Waals surface area contributed by atoms with Gasteiger partial charge in [0.2, 0.25) is 5.91 Å². The second-order valence-electron chi connectivity index (χ2n) is 8.61. The van der Waals surface area contributed by atoms with Crippen molar-refractivity contribution in [3.8, 4) is 5.75 Å². The first-order chi connectivity index (χ1) is 15.0. The highest BCUT2D eigenvalue weighted by atomic mass is 19.1. The summed E-state index contributed by atoms with van der Waals surface area (Å²) in [6, 6.07) is 8.08. The maximum Gasteiger partial charge on any atom is 0.227 e. The van der Waals surface area contributed by atoms with E-state index < -0.39 is 0 Å². The van der Waals surface area contributed by atoms with Gasteiger partial charge in [-0.1, -0.05) is 25.5 Å². The van der Waals surface area contributed by atoms with Crippen molar-refractivity contribution in [2.75, 3.05) is 18.0 Å². The number of nitrogens with zero attached hydrogens (tertiary/aromatic N) is 3. The molecule has 1 amide bonds. The Bertz CT molecular complexity index is 901. The summed E-state index contributed by atoms with van der Waals surface area (Å²) in [4.78, 5) is 22.5. The molecule has 1 saturated heterocycles. The van der Waals surface area contributed by atoms with Crippen molar-refractivity contribution in [2.45, 2.75) is 70.4 Å². The molecule has 2 aliphatic rings. The maximum atomic E-state index is 14.8. The van der Waals surface area contributed by atoms with Gasteiger partial charge in [0.1, 0.15) is 18.2 Å². The van der Waals surface area contributed by atoms with Gasteiger partial charge in [-0.25, -0.2) is 14.4 Å². The predicted molar refractivity (Wildman–Crippen MR) is 118 cm³/mol. The van der Waals surface area contributed by atoms with Crippen LogP contribution in [0.4, 0.5) is 10.2 Å². The third kappa shape index (κ3) is 5.32. The molecule has 1 unspecified atom stereocenters. The van der Waals surface area contributed by atoms with E-state index in [1.807, 2.05) is 36.1 Å². The van der Waals surface area contributed by atoms with Crippen LogP contribution in [-0.4, -0.2) is 41.1 Å². The first kappa shape index (κ1) is 21.5. The number of carbonyl (C=O) groups excluding carboxylic acids is 1. The molecule has 31 heavy (non-hydrogen) atoms. The van der Waals surface area contributed by atoms with Gasteiger partial charge >= 0.3 is 0 Å². The predicted octanol–water partition coefficient (Wildman–Crippen LogP) is 4.00. The standard InChI is InChI=1S/C24H31FN4O2/c1-3-4-5-21-22(25)23(27-15-26-21)29-13-12-20(14-29)31-19-10-6-17(7-11-19)16(2)24(30)28-18-8-9-18/h6-7,10-11,15-16,18,20H,3-5,8-9,12-14H2,1-2H3,(H,28,30)/t16?,20-/m1/s1. The van der Waals surface area contributed by atoms with E-state index >= 15 is 0 Å². The molecule has 1 aromatic heterocycles. The lowest BCUT2D eigenvalue weighted by Gasteiger charge is -2.19. The fourth-order valence-electron chi connectivity index (χ4n) is 3.88. The second kappa shape index (κ2) is 9.62. The lowest BCUT2D eigenvalue weighted by atomic mass is 10.0. The molecule has 1 saturated carbocycles. The van der Waals surface area contributed by atoms with Crippen LogP contribution in [0.3, 0.4) is 0 Å². The summed E-state index contributed by atoms with van der Waals surface area (Å²) in [6.45, 7) is 5.29. The highest BCUT2D eigenvalue weighted by Gasteiger charge is 2.29. The summed E-state index contributed by atoms with van der Waals surface area (Å²) in [6.07, 6.45) is 6.94. The van der Waals surface area contributed by atoms with E-state index in [-0.39, 0.29) is 23.7 Å². The quantitative estimate of drug-likeness (QED) is 0.657. The molecule has 0 radical (unpaired) electrons. The van der Waals surface area contributed by atoms with Crippen LogP contribution in [0.1, 0.15) is 63.1 Å². The van der Waals surface area contributed by atoms with E-state index in [4.69, 9.17) is 4.74 Å². The lowest BCUT2D eigenvalue weighted by molar-refractivity contribution is -0.122. The van der Waals surface area contributed by atoms with Crippen molar-refractivity contribution < 1.29 is 13.9 Å². The van der Waals surface area contributed by atoms with Crippen LogP contribution in [0.15, 0.2) is 30.6 Å². The van der Waals surface area contributed by atoms with Crippen molar-refractivity contribution in [1.29, 1.82) is 0 Å². The van der Waals surface area contributed by atoms with Gasteiger partial charge in [-0.15, -0.1) is 0 Å². The SMILES string of the molecule is CCCCc1ncnc(N2CC[C@@H](Oc3ccc(C(C)C(=O)NC4CC4)cc3)C2)c1F. The van der Waals surface area contributed by atoms with Gasteiger partial charge in [0.05, 0.1) is 18.2 Å². The molecule has 2 fully saturated rings. The number of aryl methyl sites for hydroxylation is 1. The van der Waals surface area contributed by atoms with E-state index in [1.54, 1.807) is 0 Å². The molecule has 6 nitrogen and oxygen atoms in total. The molecule has 7 heteroatoms. The minimum atomic E-state index is -0.306. The Morgan fingerprint density at radius 3 is 2.74 bits per heavy atom. The molecule has 0 spiro atoms. The number of aromatic nitrogens is 2. The van der Waals surface area contributed by atoms with E-state index in [9.17, 15) is 9.18 Å². The molecule has 2 heterocycles. The molecule has 1 aliphatic carbocycles. The van der Waals surface area contributed by atoms with Gasteiger partial charge in [0, 0.05) is 19.0 Å². The monoisotopic (exact) mass is 426 g/mol.